The zero-order chi connectivity index (χ0) is 18.8. The summed E-state index contributed by atoms with van der Waals surface area (Å²) in [6, 6.07) is 3.45. The average Bonchev–Trinajstić information content (AvgIpc) is 3.04. The highest BCUT2D eigenvalue weighted by molar-refractivity contribution is 6.31. The highest BCUT2D eigenvalue weighted by Crippen LogP contribution is 2.36. The SMILES string of the molecule is O=C(Cc1cc2c(cc1Cl)OCCO2)N1C[C@@H](Cc2cnccn2)[C@H](O)C1. The smallest absolute Gasteiger partial charge is 0.227 e. The third-order valence-electron chi connectivity index (χ3n) is 4.90. The Balaban J connectivity index is 1.42. The summed E-state index contributed by atoms with van der Waals surface area (Å²) in [5.74, 6) is 1.08. The first kappa shape index (κ1) is 18.0. The number of hydrogen-bond acceptors (Lipinski definition) is 6. The van der Waals surface area contributed by atoms with Gasteiger partial charge in [-0.25, -0.2) is 0 Å². The van der Waals surface area contributed by atoms with Gasteiger partial charge in [0.2, 0.25) is 5.91 Å². The predicted molar refractivity (Wildman–Crippen MR) is 98.0 cm³/mol. The molecule has 1 amide bonds. The lowest BCUT2D eigenvalue weighted by Crippen LogP contribution is -2.31. The number of carbonyl (C=O) groups is 1. The summed E-state index contributed by atoms with van der Waals surface area (Å²) in [6.45, 7) is 1.76. The summed E-state index contributed by atoms with van der Waals surface area (Å²) in [7, 11) is 0. The number of benzene rings is 1. The molecule has 27 heavy (non-hydrogen) atoms. The minimum absolute atomic E-state index is 0.0543. The Bertz CT molecular complexity index is 833. The lowest BCUT2D eigenvalue weighted by atomic mass is 10.0. The Morgan fingerprint density at radius 2 is 2.00 bits per heavy atom. The maximum Gasteiger partial charge on any atom is 0.227 e. The molecule has 1 saturated heterocycles. The van der Waals surface area contributed by atoms with Crippen molar-refractivity contribution >= 4 is 17.5 Å². The van der Waals surface area contributed by atoms with Gasteiger partial charge in [0, 0.05) is 48.7 Å². The molecule has 2 aliphatic rings. The Morgan fingerprint density at radius 3 is 2.74 bits per heavy atom. The fourth-order valence-corrected chi connectivity index (χ4v) is 3.70. The van der Waals surface area contributed by atoms with Crippen molar-refractivity contribution in [3.8, 4) is 11.5 Å². The number of fused-ring (bicyclic) bond motifs is 1. The summed E-state index contributed by atoms with van der Waals surface area (Å²) >= 11 is 6.31. The van der Waals surface area contributed by atoms with Gasteiger partial charge in [-0.2, -0.15) is 0 Å². The first-order valence-electron chi connectivity index (χ1n) is 8.89. The van der Waals surface area contributed by atoms with Crippen LogP contribution in [0.25, 0.3) is 0 Å². The number of ether oxygens (including phenoxy) is 2. The van der Waals surface area contributed by atoms with Gasteiger partial charge in [0.15, 0.2) is 11.5 Å². The molecule has 0 unspecified atom stereocenters. The number of carbonyl (C=O) groups excluding carboxylic acids is 1. The van der Waals surface area contributed by atoms with Crippen molar-refractivity contribution in [2.45, 2.75) is 18.9 Å². The maximum absolute atomic E-state index is 12.7. The second-order valence-corrected chi connectivity index (χ2v) is 7.20. The number of aromatic nitrogens is 2. The van der Waals surface area contributed by atoms with Crippen molar-refractivity contribution in [1.29, 1.82) is 0 Å². The molecule has 4 rings (SSSR count). The van der Waals surface area contributed by atoms with Crippen LogP contribution in [0.3, 0.4) is 0 Å². The molecule has 1 aromatic carbocycles. The third kappa shape index (κ3) is 3.99. The second-order valence-electron chi connectivity index (χ2n) is 6.79. The fraction of sp³-hybridized carbons (Fsp3) is 0.421. The number of nitrogens with zero attached hydrogens (tertiary/aromatic N) is 3. The van der Waals surface area contributed by atoms with E-state index < -0.39 is 6.10 Å². The normalized spacial score (nSPS) is 21.3. The van der Waals surface area contributed by atoms with Crippen molar-refractivity contribution in [2.75, 3.05) is 26.3 Å². The lowest BCUT2D eigenvalue weighted by molar-refractivity contribution is -0.129. The van der Waals surface area contributed by atoms with Crippen LogP contribution in [0.2, 0.25) is 5.02 Å². The summed E-state index contributed by atoms with van der Waals surface area (Å²) in [5.41, 5.74) is 1.50. The lowest BCUT2D eigenvalue weighted by Gasteiger charge is -2.21. The molecule has 0 saturated carbocycles. The molecular formula is C19H20ClN3O4. The number of rotatable bonds is 4. The van der Waals surface area contributed by atoms with Gasteiger partial charge in [-0.05, 0) is 18.1 Å². The quantitative estimate of drug-likeness (QED) is 0.853. The van der Waals surface area contributed by atoms with Crippen LogP contribution in [0, 0.1) is 5.92 Å². The third-order valence-corrected chi connectivity index (χ3v) is 5.25. The number of halogens is 1. The number of hydrogen-bond donors (Lipinski definition) is 1. The van der Waals surface area contributed by atoms with E-state index in [4.69, 9.17) is 21.1 Å². The van der Waals surface area contributed by atoms with E-state index in [0.717, 1.165) is 5.69 Å². The Morgan fingerprint density at radius 1 is 1.22 bits per heavy atom. The number of likely N-dealkylation sites (tertiary alicyclic amines) is 1. The summed E-state index contributed by atoms with van der Waals surface area (Å²) in [6.07, 6.45) is 5.09. The van der Waals surface area contributed by atoms with Gasteiger partial charge in [-0.15, -0.1) is 0 Å². The van der Waals surface area contributed by atoms with Crippen LogP contribution in [0.4, 0.5) is 0 Å². The zero-order valence-electron chi connectivity index (χ0n) is 14.7. The molecule has 3 heterocycles. The average molecular weight is 390 g/mol. The van der Waals surface area contributed by atoms with E-state index in [0.29, 0.717) is 54.8 Å². The summed E-state index contributed by atoms with van der Waals surface area (Å²) < 4.78 is 11.1. The van der Waals surface area contributed by atoms with Gasteiger partial charge < -0.3 is 19.5 Å². The Labute approximate surface area is 161 Å². The van der Waals surface area contributed by atoms with E-state index in [1.807, 2.05) is 0 Å². The molecule has 1 N–H and O–H groups in total. The van der Waals surface area contributed by atoms with Gasteiger partial charge in [-0.1, -0.05) is 11.6 Å². The van der Waals surface area contributed by atoms with E-state index in [1.165, 1.54) is 0 Å². The maximum atomic E-state index is 12.7. The topological polar surface area (TPSA) is 84.8 Å². The van der Waals surface area contributed by atoms with Crippen LogP contribution in [0.1, 0.15) is 11.3 Å². The van der Waals surface area contributed by atoms with Crippen LogP contribution >= 0.6 is 11.6 Å². The number of aliphatic hydroxyl groups is 1. The summed E-state index contributed by atoms with van der Waals surface area (Å²) in [4.78, 5) is 22.7. The molecule has 0 radical (unpaired) electrons. The van der Waals surface area contributed by atoms with Crippen molar-refractivity contribution < 1.29 is 19.4 Å². The van der Waals surface area contributed by atoms with Crippen LogP contribution in [0.5, 0.6) is 11.5 Å². The van der Waals surface area contributed by atoms with Crippen LogP contribution in [-0.2, 0) is 17.6 Å². The fourth-order valence-electron chi connectivity index (χ4n) is 3.48. The van der Waals surface area contributed by atoms with Gasteiger partial charge in [0.25, 0.3) is 0 Å². The molecular weight excluding hydrogens is 370 g/mol. The Hall–Kier alpha value is -2.38. The van der Waals surface area contributed by atoms with E-state index in [2.05, 4.69) is 9.97 Å². The predicted octanol–water partition coefficient (Wildman–Crippen LogP) is 1.51. The van der Waals surface area contributed by atoms with Crippen molar-refractivity contribution in [3.63, 3.8) is 0 Å². The molecule has 7 nitrogen and oxygen atoms in total. The van der Waals surface area contributed by atoms with E-state index in [-0.39, 0.29) is 18.2 Å². The summed E-state index contributed by atoms with van der Waals surface area (Å²) in [5, 5.41) is 10.8. The van der Waals surface area contributed by atoms with Gasteiger partial charge in [0.05, 0.1) is 18.2 Å². The minimum atomic E-state index is -0.577. The molecule has 2 aromatic rings. The van der Waals surface area contributed by atoms with E-state index >= 15 is 0 Å². The molecule has 2 aliphatic heterocycles. The van der Waals surface area contributed by atoms with Gasteiger partial charge in [-0.3, -0.25) is 14.8 Å². The molecule has 142 valence electrons. The van der Waals surface area contributed by atoms with Crippen LogP contribution < -0.4 is 9.47 Å². The van der Waals surface area contributed by atoms with Crippen LogP contribution in [0.15, 0.2) is 30.7 Å². The van der Waals surface area contributed by atoms with Gasteiger partial charge in [0.1, 0.15) is 13.2 Å². The zero-order valence-corrected chi connectivity index (χ0v) is 15.4. The molecule has 0 spiro atoms. The molecule has 1 fully saturated rings. The van der Waals surface area contributed by atoms with Crippen molar-refractivity contribution in [1.82, 2.24) is 14.9 Å². The van der Waals surface area contributed by atoms with Crippen molar-refractivity contribution in [3.05, 3.63) is 47.0 Å². The van der Waals surface area contributed by atoms with Crippen molar-refractivity contribution in [2.24, 2.45) is 5.92 Å². The first-order valence-corrected chi connectivity index (χ1v) is 9.26. The Kier molecular flexibility index (Phi) is 5.13. The van der Waals surface area contributed by atoms with E-state index in [9.17, 15) is 9.90 Å². The molecule has 1 aromatic heterocycles. The highest BCUT2D eigenvalue weighted by atomic mass is 35.5. The number of β-amino-alcohol motifs (C(OH)–C–C–N with tert-alkyl or cyclic N) is 1. The number of amides is 1. The standard InChI is InChI=1S/C19H20ClN3O4/c20-15-8-18-17(26-3-4-27-18)6-12(15)7-19(25)23-10-13(16(24)11-23)5-14-9-21-1-2-22-14/h1-2,6,8-9,13,16,24H,3-5,7,10-11H2/t13-,16-/m1/s1. The molecule has 8 heteroatoms. The minimum Gasteiger partial charge on any atom is -0.486 e. The van der Waals surface area contributed by atoms with Gasteiger partial charge >= 0.3 is 0 Å². The largest absolute Gasteiger partial charge is 0.486 e. The molecule has 0 aliphatic carbocycles. The van der Waals surface area contributed by atoms with Crippen LogP contribution in [-0.4, -0.2) is 58.3 Å². The monoisotopic (exact) mass is 389 g/mol. The van der Waals surface area contributed by atoms with E-state index in [1.54, 1.807) is 35.6 Å². The highest BCUT2D eigenvalue weighted by Gasteiger charge is 2.34. The second kappa shape index (κ2) is 7.70. The number of aliphatic hydroxyl groups excluding tert-OH is 1. The molecule has 0 bridgehead atoms. The first-order chi connectivity index (χ1) is 13.1. The molecule has 2 atom stereocenters.